The van der Waals surface area contributed by atoms with E-state index in [1.54, 1.807) is 18.2 Å². The van der Waals surface area contributed by atoms with Gasteiger partial charge >= 0.3 is 0 Å². The van der Waals surface area contributed by atoms with Gasteiger partial charge in [-0.05, 0) is 43.0 Å². The second kappa shape index (κ2) is 8.78. The third-order valence-electron chi connectivity index (χ3n) is 5.10. The third kappa shape index (κ3) is 4.34. The third-order valence-corrected chi connectivity index (χ3v) is 6.01. The van der Waals surface area contributed by atoms with E-state index >= 15 is 0 Å². The van der Waals surface area contributed by atoms with Crippen LogP contribution in [0, 0.1) is 11.7 Å². The van der Waals surface area contributed by atoms with E-state index < -0.39 is 0 Å². The van der Waals surface area contributed by atoms with Crippen molar-refractivity contribution in [1.82, 2.24) is 19.7 Å². The van der Waals surface area contributed by atoms with Crippen LogP contribution in [0.15, 0.2) is 59.8 Å². The molecule has 0 radical (unpaired) electrons. The standard InChI is InChI=1S/C22H23FN4OS/c1-16-8-7-13-26(14-16)20(28)15-29-22-25-24-21(18-11-5-6-12-19(18)23)27(22)17-9-3-2-4-10-17/h2-6,9-12,16H,7-8,13-15H2,1H3/t16-/m0/s1. The van der Waals surface area contributed by atoms with Crippen LogP contribution in [0.4, 0.5) is 4.39 Å². The number of piperidine rings is 1. The molecule has 1 atom stereocenters. The zero-order chi connectivity index (χ0) is 20.2. The molecule has 0 N–H and O–H groups in total. The highest BCUT2D eigenvalue weighted by Crippen LogP contribution is 2.29. The van der Waals surface area contributed by atoms with Gasteiger partial charge in [-0.2, -0.15) is 0 Å². The van der Waals surface area contributed by atoms with Crippen LogP contribution in [0.1, 0.15) is 19.8 Å². The van der Waals surface area contributed by atoms with Gasteiger partial charge in [-0.3, -0.25) is 9.36 Å². The summed E-state index contributed by atoms with van der Waals surface area (Å²) < 4.78 is 16.2. The first-order chi connectivity index (χ1) is 14.1. The lowest BCUT2D eigenvalue weighted by atomic mass is 10.0. The van der Waals surface area contributed by atoms with Gasteiger partial charge in [0.15, 0.2) is 11.0 Å². The number of nitrogens with zero attached hydrogens (tertiary/aromatic N) is 4. The second-order valence-corrected chi connectivity index (χ2v) is 8.28. The Bertz CT molecular complexity index is 991. The van der Waals surface area contributed by atoms with Gasteiger partial charge in [0.05, 0.1) is 11.3 Å². The minimum atomic E-state index is -0.355. The molecule has 7 heteroatoms. The SMILES string of the molecule is C[C@H]1CCCN(C(=O)CSc2nnc(-c3ccccc3F)n2-c2ccccc2)C1. The highest BCUT2D eigenvalue weighted by molar-refractivity contribution is 7.99. The Morgan fingerprint density at radius 2 is 1.90 bits per heavy atom. The summed E-state index contributed by atoms with van der Waals surface area (Å²) >= 11 is 1.34. The van der Waals surface area contributed by atoms with Crippen LogP contribution < -0.4 is 0 Å². The number of benzene rings is 2. The number of carbonyl (C=O) groups excluding carboxylic acids is 1. The molecule has 150 valence electrons. The number of para-hydroxylation sites is 1. The van der Waals surface area contributed by atoms with E-state index in [0.717, 1.165) is 25.2 Å². The van der Waals surface area contributed by atoms with E-state index in [4.69, 9.17) is 0 Å². The van der Waals surface area contributed by atoms with Gasteiger partial charge in [0.1, 0.15) is 5.82 Å². The Kier molecular flexibility index (Phi) is 5.94. The summed E-state index contributed by atoms with van der Waals surface area (Å²) in [4.78, 5) is 14.6. The van der Waals surface area contributed by atoms with Crippen LogP contribution in [-0.2, 0) is 4.79 Å². The molecule has 2 heterocycles. The minimum Gasteiger partial charge on any atom is -0.342 e. The number of likely N-dealkylation sites (tertiary alicyclic amines) is 1. The van der Waals surface area contributed by atoms with Crippen LogP contribution in [0.5, 0.6) is 0 Å². The van der Waals surface area contributed by atoms with Gasteiger partial charge in [-0.1, -0.05) is 49.0 Å². The largest absolute Gasteiger partial charge is 0.342 e. The Morgan fingerprint density at radius 1 is 1.14 bits per heavy atom. The molecule has 0 spiro atoms. The highest BCUT2D eigenvalue weighted by Gasteiger charge is 2.23. The van der Waals surface area contributed by atoms with E-state index in [1.807, 2.05) is 39.8 Å². The molecule has 4 rings (SSSR count). The van der Waals surface area contributed by atoms with E-state index in [0.29, 0.717) is 22.5 Å². The zero-order valence-electron chi connectivity index (χ0n) is 16.3. The number of halogens is 1. The molecular formula is C22H23FN4OS. The summed E-state index contributed by atoms with van der Waals surface area (Å²) in [6.45, 7) is 3.81. The Balaban J connectivity index is 1.62. The van der Waals surface area contributed by atoms with E-state index in [1.165, 1.54) is 24.2 Å². The van der Waals surface area contributed by atoms with Crippen molar-refractivity contribution in [3.63, 3.8) is 0 Å². The van der Waals surface area contributed by atoms with Crippen molar-refractivity contribution in [1.29, 1.82) is 0 Å². The number of hydrogen-bond donors (Lipinski definition) is 0. The van der Waals surface area contributed by atoms with E-state index in [-0.39, 0.29) is 17.5 Å². The normalized spacial score (nSPS) is 16.8. The zero-order valence-corrected chi connectivity index (χ0v) is 17.1. The summed E-state index contributed by atoms with van der Waals surface area (Å²) in [5.41, 5.74) is 1.21. The van der Waals surface area contributed by atoms with Crippen molar-refractivity contribution < 1.29 is 9.18 Å². The van der Waals surface area contributed by atoms with Crippen molar-refractivity contribution >= 4 is 17.7 Å². The lowest BCUT2D eigenvalue weighted by Crippen LogP contribution is -2.40. The first-order valence-electron chi connectivity index (χ1n) is 9.80. The van der Waals surface area contributed by atoms with Crippen LogP contribution >= 0.6 is 11.8 Å². The fraction of sp³-hybridized carbons (Fsp3) is 0.318. The molecule has 1 saturated heterocycles. The molecule has 0 saturated carbocycles. The van der Waals surface area contributed by atoms with Gasteiger partial charge < -0.3 is 4.90 Å². The van der Waals surface area contributed by atoms with Crippen molar-refractivity contribution in [2.24, 2.45) is 5.92 Å². The van der Waals surface area contributed by atoms with Crippen molar-refractivity contribution in [3.05, 3.63) is 60.4 Å². The molecule has 0 bridgehead atoms. The van der Waals surface area contributed by atoms with Crippen molar-refractivity contribution in [3.8, 4) is 17.1 Å². The lowest BCUT2D eigenvalue weighted by molar-refractivity contribution is -0.130. The average molecular weight is 411 g/mol. The maximum absolute atomic E-state index is 14.4. The van der Waals surface area contributed by atoms with E-state index in [2.05, 4.69) is 17.1 Å². The molecule has 5 nitrogen and oxygen atoms in total. The molecule has 1 aliphatic heterocycles. The monoisotopic (exact) mass is 410 g/mol. The molecule has 29 heavy (non-hydrogen) atoms. The molecule has 0 unspecified atom stereocenters. The molecular weight excluding hydrogens is 387 g/mol. The average Bonchev–Trinajstić information content (AvgIpc) is 3.16. The topological polar surface area (TPSA) is 51.0 Å². The lowest BCUT2D eigenvalue weighted by Gasteiger charge is -2.30. The smallest absolute Gasteiger partial charge is 0.233 e. The second-order valence-electron chi connectivity index (χ2n) is 7.33. The van der Waals surface area contributed by atoms with Crippen LogP contribution in [0.25, 0.3) is 17.1 Å². The fourth-order valence-corrected chi connectivity index (χ4v) is 4.48. The molecule has 2 aromatic carbocycles. The van der Waals surface area contributed by atoms with Crippen LogP contribution in [0.3, 0.4) is 0 Å². The van der Waals surface area contributed by atoms with Crippen molar-refractivity contribution in [2.75, 3.05) is 18.8 Å². The van der Waals surface area contributed by atoms with E-state index in [9.17, 15) is 9.18 Å². The Morgan fingerprint density at radius 3 is 2.66 bits per heavy atom. The molecule has 1 amide bonds. The molecule has 3 aromatic rings. The van der Waals surface area contributed by atoms with Gasteiger partial charge in [-0.25, -0.2) is 4.39 Å². The predicted molar refractivity (Wildman–Crippen MR) is 112 cm³/mol. The summed E-state index contributed by atoms with van der Waals surface area (Å²) in [7, 11) is 0. The fourth-order valence-electron chi connectivity index (χ4n) is 3.62. The van der Waals surface area contributed by atoms with Gasteiger partial charge in [0.25, 0.3) is 0 Å². The molecule has 1 aliphatic rings. The molecule has 0 aliphatic carbocycles. The Hall–Kier alpha value is -2.67. The highest BCUT2D eigenvalue weighted by atomic mass is 32.2. The number of carbonyl (C=O) groups is 1. The van der Waals surface area contributed by atoms with Gasteiger partial charge in [0, 0.05) is 18.8 Å². The number of aromatic nitrogens is 3. The first kappa shape index (κ1) is 19.6. The molecule has 1 fully saturated rings. The summed E-state index contributed by atoms with van der Waals surface area (Å²) in [5, 5.41) is 9.11. The number of rotatable bonds is 5. The van der Waals surface area contributed by atoms with Crippen molar-refractivity contribution in [2.45, 2.75) is 24.9 Å². The Labute approximate surface area is 173 Å². The maximum atomic E-state index is 14.4. The summed E-state index contributed by atoms with van der Waals surface area (Å²) in [6, 6.07) is 16.1. The van der Waals surface area contributed by atoms with Crippen LogP contribution in [-0.4, -0.2) is 44.4 Å². The number of hydrogen-bond acceptors (Lipinski definition) is 4. The quantitative estimate of drug-likeness (QED) is 0.584. The number of amides is 1. The predicted octanol–water partition coefficient (Wildman–Crippen LogP) is 4.42. The van der Waals surface area contributed by atoms with Gasteiger partial charge in [0.2, 0.25) is 5.91 Å². The number of thioether (sulfide) groups is 1. The molecule has 1 aromatic heterocycles. The maximum Gasteiger partial charge on any atom is 0.233 e. The first-order valence-corrected chi connectivity index (χ1v) is 10.8. The van der Waals surface area contributed by atoms with Crippen LogP contribution in [0.2, 0.25) is 0 Å². The minimum absolute atomic E-state index is 0.108. The van der Waals surface area contributed by atoms with Gasteiger partial charge in [-0.15, -0.1) is 10.2 Å². The summed E-state index contributed by atoms with van der Waals surface area (Å²) in [5.74, 6) is 1.01. The summed E-state index contributed by atoms with van der Waals surface area (Å²) in [6.07, 6.45) is 2.22.